The highest BCUT2D eigenvalue weighted by atomic mass is 16.2. The monoisotopic (exact) mass is 250 g/mol. The Bertz CT molecular complexity index is 421. The zero-order valence-electron chi connectivity index (χ0n) is 11.4. The van der Waals surface area contributed by atoms with Gasteiger partial charge in [0.1, 0.15) is 0 Å². The maximum atomic E-state index is 12.6. The van der Waals surface area contributed by atoms with Gasteiger partial charge < -0.3 is 10.2 Å². The summed E-state index contributed by atoms with van der Waals surface area (Å²) in [5, 5.41) is 7.48. The summed E-state index contributed by atoms with van der Waals surface area (Å²) >= 11 is 0. The molecule has 5 nitrogen and oxygen atoms in total. The normalized spacial score (nSPS) is 19.2. The van der Waals surface area contributed by atoms with Crippen LogP contribution in [0.4, 0.5) is 0 Å². The van der Waals surface area contributed by atoms with Crippen molar-refractivity contribution in [1.29, 1.82) is 0 Å². The Morgan fingerprint density at radius 2 is 2.44 bits per heavy atom. The van der Waals surface area contributed by atoms with Crippen molar-refractivity contribution in [1.82, 2.24) is 20.0 Å². The highest BCUT2D eigenvalue weighted by molar-refractivity contribution is 5.95. The van der Waals surface area contributed by atoms with Crippen LogP contribution >= 0.6 is 0 Å². The van der Waals surface area contributed by atoms with Crippen LogP contribution in [0.25, 0.3) is 0 Å². The van der Waals surface area contributed by atoms with Crippen LogP contribution in [0.15, 0.2) is 6.20 Å². The second-order valence-corrected chi connectivity index (χ2v) is 4.91. The van der Waals surface area contributed by atoms with Crippen LogP contribution in [0.1, 0.15) is 35.8 Å². The van der Waals surface area contributed by atoms with Gasteiger partial charge in [-0.1, -0.05) is 6.92 Å². The molecule has 1 aromatic heterocycles. The van der Waals surface area contributed by atoms with Crippen molar-refractivity contribution in [3.8, 4) is 0 Å². The van der Waals surface area contributed by atoms with Crippen molar-refractivity contribution in [2.24, 2.45) is 7.05 Å². The quantitative estimate of drug-likeness (QED) is 0.865. The van der Waals surface area contributed by atoms with E-state index in [9.17, 15) is 4.79 Å². The Morgan fingerprint density at radius 1 is 1.67 bits per heavy atom. The minimum atomic E-state index is 0.121. The molecule has 0 saturated carbocycles. The Morgan fingerprint density at radius 3 is 2.94 bits per heavy atom. The van der Waals surface area contributed by atoms with Gasteiger partial charge in [-0.15, -0.1) is 0 Å². The molecule has 1 aliphatic heterocycles. The van der Waals surface area contributed by atoms with E-state index >= 15 is 0 Å². The van der Waals surface area contributed by atoms with Crippen LogP contribution in [0.2, 0.25) is 0 Å². The van der Waals surface area contributed by atoms with Crippen LogP contribution in [0.5, 0.6) is 0 Å². The highest BCUT2D eigenvalue weighted by Gasteiger charge is 2.28. The molecule has 1 aliphatic rings. The van der Waals surface area contributed by atoms with Crippen molar-refractivity contribution < 1.29 is 4.79 Å². The molecule has 1 aromatic rings. The lowest BCUT2D eigenvalue weighted by Crippen LogP contribution is -2.42. The van der Waals surface area contributed by atoms with Crippen LogP contribution in [-0.2, 0) is 7.05 Å². The van der Waals surface area contributed by atoms with Crippen molar-refractivity contribution in [2.45, 2.75) is 32.7 Å². The van der Waals surface area contributed by atoms with Gasteiger partial charge >= 0.3 is 0 Å². The van der Waals surface area contributed by atoms with Gasteiger partial charge in [0.2, 0.25) is 0 Å². The molecule has 18 heavy (non-hydrogen) atoms. The van der Waals surface area contributed by atoms with E-state index in [1.54, 1.807) is 10.9 Å². The van der Waals surface area contributed by atoms with E-state index in [-0.39, 0.29) is 5.91 Å². The van der Waals surface area contributed by atoms with Crippen LogP contribution in [0.3, 0.4) is 0 Å². The van der Waals surface area contributed by atoms with Gasteiger partial charge in [0.05, 0.1) is 11.8 Å². The number of amides is 1. The molecule has 5 heteroatoms. The molecule has 0 radical (unpaired) electrons. The van der Waals surface area contributed by atoms with Crippen LogP contribution in [0, 0.1) is 6.92 Å². The first-order valence-electron chi connectivity index (χ1n) is 6.65. The minimum absolute atomic E-state index is 0.121. The summed E-state index contributed by atoms with van der Waals surface area (Å²) < 4.78 is 1.75. The van der Waals surface area contributed by atoms with Crippen molar-refractivity contribution in [3.05, 3.63) is 17.5 Å². The number of nitrogens with zero attached hydrogens (tertiary/aromatic N) is 3. The Balaban J connectivity index is 2.19. The molecular weight excluding hydrogens is 228 g/mol. The summed E-state index contributed by atoms with van der Waals surface area (Å²) in [6.07, 6.45) is 3.72. The van der Waals surface area contributed by atoms with E-state index in [4.69, 9.17) is 0 Å². The van der Waals surface area contributed by atoms with Crippen molar-refractivity contribution >= 4 is 5.91 Å². The first-order valence-corrected chi connectivity index (χ1v) is 6.65. The molecule has 0 bridgehead atoms. The average Bonchev–Trinajstić information content (AvgIpc) is 2.98. The molecule has 2 heterocycles. The number of rotatable bonds is 4. The number of nitrogens with one attached hydrogen (secondary N) is 1. The molecule has 0 aromatic carbocycles. The largest absolute Gasteiger partial charge is 0.334 e. The number of aromatic nitrogens is 2. The van der Waals surface area contributed by atoms with Gasteiger partial charge in [-0.25, -0.2) is 0 Å². The Hall–Kier alpha value is -1.36. The first-order chi connectivity index (χ1) is 8.65. The molecule has 2 rings (SSSR count). The fraction of sp³-hybridized carbons (Fsp3) is 0.692. The minimum Gasteiger partial charge on any atom is -0.334 e. The average molecular weight is 250 g/mol. The zero-order chi connectivity index (χ0) is 13.1. The number of hydrogen-bond acceptors (Lipinski definition) is 3. The van der Waals surface area contributed by atoms with Gasteiger partial charge in [-0.2, -0.15) is 5.10 Å². The lowest BCUT2D eigenvalue weighted by atomic mass is 10.1. The Labute approximate surface area is 108 Å². The molecule has 1 amide bonds. The first kappa shape index (κ1) is 13.1. The van der Waals surface area contributed by atoms with Crippen LogP contribution < -0.4 is 5.32 Å². The molecule has 1 saturated heterocycles. The van der Waals surface area contributed by atoms with Crippen LogP contribution in [-0.4, -0.2) is 46.3 Å². The topological polar surface area (TPSA) is 50.2 Å². The lowest BCUT2D eigenvalue weighted by molar-refractivity contribution is 0.0691. The molecule has 1 fully saturated rings. The van der Waals surface area contributed by atoms with E-state index in [2.05, 4.69) is 17.3 Å². The van der Waals surface area contributed by atoms with Gasteiger partial charge in [0.25, 0.3) is 5.91 Å². The van der Waals surface area contributed by atoms with Crippen molar-refractivity contribution in [2.75, 3.05) is 19.6 Å². The summed E-state index contributed by atoms with van der Waals surface area (Å²) in [4.78, 5) is 14.6. The van der Waals surface area contributed by atoms with E-state index in [0.29, 0.717) is 6.04 Å². The number of carbonyl (C=O) groups excluding carboxylic acids is 1. The molecule has 0 aliphatic carbocycles. The standard InChI is InChI=1S/C13H22N4O/c1-4-7-17(11-5-6-14-8-11)13(18)12-9-15-16(3)10(12)2/h9,11,14H,4-8H2,1-3H3. The van der Waals surface area contributed by atoms with Gasteiger partial charge in [0.15, 0.2) is 0 Å². The molecule has 1 atom stereocenters. The Kier molecular flexibility index (Phi) is 4.01. The number of carbonyl (C=O) groups is 1. The SMILES string of the molecule is CCCN(C(=O)c1cnn(C)c1C)C1CCNC1. The number of hydrogen-bond donors (Lipinski definition) is 1. The van der Waals surface area contributed by atoms with E-state index in [1.807, 2.05) is 18.9 Å². The summed E-state index contributed by atoms with van der Waals surface area (Å²) in [5.41, 5.74) is 1.67. The number of aryl methyl sites for hydroxylation is 1. The van der Waals surface area contributed by atoms with Gasteiger partial charge in [-0.3, -0.25) is 9.48 Å². The van der Waals surface area contributed by atoms with E-state index in [1.165, 1.54) is 0 Å². The predicted octanol–water partition coefficient (Wildman–Crippen LogP) is 0.943. The summed E-state index contributed by atoms with van der Waals surface area (Å²) in [6.45, 7) is 6.78. The fourth-order valence-electron chi connectivity index (χ4n) is 2.46. The summed E-state index contributed by atoms with van der Waals surface area (Å²) in [5.74, 6) is 0.121. The predicted molar refractivity (Wildman–Crippen MR) is 70.5 cm³/mol. The summed E-state index contributed by atoms with van der Waals surface area (Å²) in [6, 6.07) is 0.331. The molecule has 1 N–H and O–H groups in total. The molecule has 1 unspecified atom stereocenters. The maximum Gasteiger partial charge on any atom is 0.257 e. The van der Waals surface area contributed by atoms with Gasteiger partial charge in [-0.05, 0) is 26.3 Å². The third-order valence-electron chi connectivity index (χ3n) is 3.67. The third-order valence-corrected chi connectivity index (χ3v) is 3.67. The maximum absolute atomic E-state index is 12.6. The lowest BCUT2D eigenvalue weighted by Gasteiger charge is -2.28. The van der Waals surface area contributed by atoms with Crippen molar-refractivity contribution in [3.63, 3.8) is 0 Å². The van der Waals surface area contributed by atoms with E-state index in [0.717, 1.165) is 43.7 Å². The second-order valence-electron chi connectivity index (χ2n) is 4.91. The third kappa shape index (κ3) is 2.41. The molecule has 0 spiro atoms. The highest BCUT2D eigenvalue weighted by Crippen LogP contribution is 2.16. The zero-order valence-corrected chi connectivity index (χ0v) is 11.4. The smallest absolute Gasteiger partial charge is 0.257 e. The second kappa shape index (κ2) is 5.52. The molecular formula is C13H22N4O. The van der Waals surface area contributed by atoms with Gasteiger partial charge in [0, 0.05) is 31.9 Å². The fourth-order valence-corrected chi connectivity index (χ4v) is 2.46. The summed E-state index contributed by atoms with van der Waals surface area (Å²) in [7, 11) is 1.87. The van der Waals surface area contributed by atoms with E-state index < -0.39 is 0 Å². The molecule has 100 valence electrons.